The van der Waals surface area contributed by atoms with Gasteiger partial charge in [-0.2, -0.15) is 4.98 Å². The molecule has 0 aliphatic carbocycles. The molecule has 0 saturated heterocycles. The number of fused-ring (bicyclic) bond motifs is 1. The quantitative estimate of drug-likeness (QED) is 0.345. The van der Waals surface area contributed by atoms with Crippen molar-refractivity contribution in [3.05, 3.63) is 83.2 Å². The van der Waals surface area contributed by atoms with Gasteiger partial charge < -0.3 is 19.8 Å². The molecule has 0 aliphatic heterocycles. The highest BCUT2D eigenvalue weighted by Crippen LogP contribution is 2.33. The second kappa shape index (κ2) is 8.46. The van der Waals surface area contributed by atoms with E-state index in [9.17, 15) is 4.79 Å². The van der Waals surface area contributed by atoms with E-state index in [1.807, 2.05) is 43.3 Å². The lowest BCUT2D eigenvalue weighted by Gasteiger charge is -2.13. The third kappa shape index (κ3) is 4.24. The maximum Gasteiger partial charge on any atom is 0.417 e. The van der Waals surface area contributed by atoms with Gasteiger partial charge in [-0.3, -0.25) is 9.97 Å². The monoisotopic (exact) mass is 440 g/mol. The van der Waals surface area contributed by atoms with E-state index < -0.39 is 5.76 Å². The molecule has 0 radical (unpaired) electrons. The number of methoxy groups -OCH3 is 1. The smallest absolute Gasteiger partial charge is 0.417 e. The maximum atomic E-state index is 11.4. The largest absolute Gasteiger partial charge is 0.496 e. The normalized spacial score (nSPS) is 10.8. The first-order valence-corrected chi connectivity index (χ1v) is 10.2. The molecule has 0 spiro atoms. The van der Waals surface area contributed by atoms with Gasteiger partial charge in [0.1, 0.15) is 11.6 Å². The number of benzene rings is 2. The molecule has 0 fully saturated rings. The summed E-state index contributed by atoms with van der Waals surface area (Å²) in [6.07, 6.45) is 5.22. The lowest BCUT2D eigenvalue weighted by molar-refractivity contribution is 0.416. The van der Waals surface area contributed by atoms with Crippen molar-refractivity contribution in [2.45, 2.75) is 6.92 Å². The van der Waals surface area contributed by atoms with E-state index in [4.69, 9.17) is 9.15 Å². The van der Waals surface area contributed by atoms with Crippen molar-refractivity contribution in [2.24, 2.45) is 0 Å². The summed E-state index contributed by atoms with van der Waals surface area (Å²) in [5.41, 5.74) is 5.47. The molecular formula is C24H20N6O3. The summed E-state index contributed by atoms with van der Waals surface area (Å²) in [6, 6.07) is 15.0. The number of ether oxygens (including phenoxy) is 1. The summed E-state index contributed by atoms with van der Waals surface area (Å²) < 4.78 is 10.6. The van der Waals surface area contributed by atoms with Crippen molar-refractivity contribution in [3.63, 3.8) is 0 Å². The number of nitrogens with one attached hydrogen (secondary N) is 3. The molecule has 0 saturated carbocycles. The molecule has 0 aliphatic rings. The minimum absolute atomic E-state index is 0.437. The van der Waals surface area contributed by atoms with E-state index in [0.29, 0.717) is 22.9 Å². The van der Waals surface area contributed by atoms with E-state index >= 15 is 0 Å². The summed E-state index contributed by atoms with van der Waals surface area (Å²) in [4.78, 5) is 27.2. The molecule has 0 unspecified atom stereocenters. The van der Waals surface area contributed by atoms with Gasteiger partial charge in [-0.1, -0.05) is 0 Å². The van der Waals surface area contributed by atoms with Crippen molar-refractivity contribution < 1.29 is 9.15 Å². The Morgan fingerprint density at radius 1 is 1.00 bits per heavy atom. The van der Waals surface area contributed by atoms with Gasteiger partial charge in [0.25, 0.3) is 0 Å². The van der Waals surface area contributed by atoms with Crippen molar-refractivity contribution in [2.75, 3.05) is 17.7 Å². The van der Waals surface area contributed by atoms with Gasteiger partial charge in [0.05, 0.1) is 12.6 Å². The predicted octanol–water partition coefficient (Wildman–Crippen LogP) is 4.78. The van der Waals surface area contributed by atoms with Crippen LogP contribution >= 0.6 is 0 Å². The van der Waals surface area contributed by atoms with Crippen molar-refractivity contribution in [3.8, 4) is 16.9 Å². The standard InChI is InChI=1S/C24H20N6O3/c1-14-13-26-23(30-22(14)27-17-4-6-21-19(12-17)29-24(31)33-21)28-16-3-5-20(32-2)18(11-16)15-7-9-25-10-8-15/h3-13H,1-2H3,(H,29,31)(H2,26,27,28,30). The highest BCUT2D eigenvalue weighted by molar-refractivity contribution is 5.79. The molecule has 2 aromatic carbocycles. The van der Waals surface area contributed by atoms with Crippen LogP contribution < -0.4 is 21.1 Å². The van der Waals surface area contributed by atoms with E-state index in [1.54, 1.807) is 37.8 Å². The Labute approximate surface area is 188 Å². The molecule has 0 atom stereocenters. The van der Waals surface area contributed by atoms with Crippen LogP contribution in [0.4, 0.5) is 23.1 Å². The Balaban J connectivity index is 1.42. The van der Waals surface area contributed by atoms with Crippen LogP contribution in [0.5, 0.6) is 5.75 Å². The second-order valence-corrected chi connectivity index (χ2v) is 7.35. The SMILES string of the molecule is COc1ccc(Nc2ncc(C)c(Nc3ccc4oc(=O)[nH]c4c3)n2)cc1-c1ccncc1. The zero-order chi connectivity index (χ0) is 22.8. The van der Waals surface area contributed by atoms with Gasteiger partial charge in [-0.05, 0) is 61.0 Å². The highest BCUT2D eigenvalue weighted by Gasteiger charge is 2.10. The number of aromatic amines is 1. The number of nitrogens with zero attached hydrogens (tertiary/aromatic N) is 3. The fourth-order valence-electron chi connectivity index (χ4n) is 3.47. The molecular weight excluding hydrogens is 420 g/mol. The number of aromatic nitrogens is 4. The van der Waals surface area contributed by atoms with Gasteiger partial charge in [0.2, 0.25) is 5.95 Å². The second-order valence-electron chi connectivity index (χ2n) is 7.35. The summed E-state index contributed by atoms with van der Waals surface area (Å²) >= 11 is 0. The Morgan fingerprint density at radius 2 is 1.79 bits per heavy atom. The van der Waals surface area contributed by atoms with E-state index in [0.717, 1.165) is 33.8 Å². The summed E-state index contributed by atoms with van der Waals surface area (Å²) in [5.74, 6) is 1.34. The molecule has 33 heavy (non-hydrogen) atoms. The first-order valence-electron chi connectivity index (χ1n) is 10.2. The predicted molar refractivity (Wildman–Crippen MR) is 126 cm³/mol. The number of oxazole rings is 1. The lowest BCUT2D eigenvalue weighted by atomic mass is 10.1. The lowest BCUT2D eigenvalue weighted by Crippen LogP contribution is -2.03. The van der Waals surface area contributed by atoms with Crippen LogP contribution in [0.15, 0.2) is 76.3 Å². The van der Waals surface area contributed by atoms with Crippen LogP contribution in [0.2, 0.25) is 0 Å². The third-order valence-corrected chi connectivity index (χ3v) is 5.10. The van der Waals surface area contributed by atoms with Gasteiger partial charge in [0, 0.05) is 41.1 Å². The average molecular weight is 440 g/mol. The summed E-state index contributed by atoms with van der Waals surface area (Å²) in [5, 5.41) is 6.53. The molecule has 5 rings (SSSR count). The molecule has 0 bridgehead atoms. The van der Waals surface area contributed by atoms with Gasteiger partial charge in [-0.15, -0.1) is 0 Å². The van der Waals surface area contributed by atoms with Crippen LogP contribution in [0.3, 0.4) is 0 Å². The third-order valence-electron chi connectivity index (χ3n) is 5.10. The Bertz CT molecular complexity index is 1490. The topological polar surface area (TPSA) is 118 Å². The molecule has 0 amide bonds. The Hall–Kier alpha value is -4.66. The number of hydrogen-bond acceptors (Lipinski definition) is 8. The maximum absolute atomic E-state index is 11.4. The molecule has 3 N–H and O–H groups in total. The van der Waals surface area contributed by atoms with Gasteiger partial charge >= 0.3 is 5.76 Å². The van der Waals surface area contributed by atoms with Crippen LogP contribution in [0.25, 0.3) is 22.2 Å². The minimum Gasteiger partial charge on any atom is -0.496 e. The summed E-state index contributed by atoms with van der Waals surface area (Å²) in [7, 11) is 1.64. The average Bonchev–Trinajstić information content (AvgIpc) is 3.21. The zero-order valence-electron chi connectivity index (χ0n) is 17.9. The van der Waals surface area contributed by atoms with Gasteiger partial charge in [0.15, 0.2) is 5.58 Å². The van der Waals surface area contributed by atoms with Crippen LogP contribution in [0.1, 0.15) is 5.56 Å². The van der Waals surface area contributed by atoms with E-state index in [-0.39, 0.29) is 0 Å². The Morgan fingerprint density at radius 3 is 2.61 bits per heavy atom. The number of aryl methyl sites for hydroxylation is 1. The Kier molecular flexibility index (Phi) is 5.19. The van der Waals surface area contributed by atoms with E-state index in [1.165, 1.54) is 0 Å². The number of H-pyrrole nitrogens is 1. The molecule has 3 aromatic heterocycles. The van der Waals surface area contributed by atoms with Crippen molar-refractivity contribution in [1.29, 1.82) is 0 Å². The number of hydrogen-bond donors (Lipinski definition) is 3. The fraction of sp³-hybridized carbons (Fsp3) is 0.0833. The minimum atomic E-state index is -0.488. The number of rotatable bonds is 6. The van der Waals surface area contributed by atoms with E-state index in [2.05, 4.69) is 30.6 Å². The zero-order valence-corrected chi connectivity index (χ0v) is 17.9. The molecule has 9 nitrogen and oxygen atoms in total. The van der Waals surface area contributed by atoms with Gasteiger partial charge in [-0.25, -0.2) is 9.78 Å². The molecule has 9 heteroatoms. The van der Waals surface area contributed by atoms with Crippen molar-refractivity contribution >= 4 is 34.2 Å². The highest BCUT2D eigenvalue weighted by atomic mass is 16.5. The summed E-state index contributed by atoms with van der Waals surface area (Å²) in [6.45, 7) is 1.92. The molecule has 5 aromatic rings. The van der Waals surface area contributed by atoms with Crippen LogP contribution in [0, 0.1) is 6.92 Å². The first kappa shape index (κ1) is 20.3. The number of pyridine rings is 1. The van der Waals surface area contributed by atoms with Crippen LogP contribution in [-0.4, -0.2) is 27.0 Å². The molecule has 164 valence electrons. The molecule has 3 heterocycles. The van der Waals surface area contributed by atoms with Crippen molar-refractivity contribution in [1.82, 2.24) is 19.9 Å². The fourth-order valence-corrected chi connectivity index (χ4v) is 3.47. The first-order chi connectivity index (χ1) is 16.1. The van der Waals surface area contributed by atoms with Crippen LogP contribution in [-0.2, 0) is 0 Å². The number of anilines is 4.